The van der Waals surface area contributed by atoms with E-state index in [4.69, 9.17) is 15.2 Å². The summed E-state index contributed by atoms with van der Waals surface area (Å²) in [4.78, 5) is 10.6. The summed E-state index contributed by atoms with van der Waals surface area (Å²) in [5.74, 6) is 1.17. The number of ether oxygens (including phenoxy) is 2. The van der Waals surface area contributed by atoms with Crippen molar-refractivity contribution < 1.29 is 14.3 Å². The zero-order valence-corrected chi connectivity index (χ0v) is 13.5. The average Bonchev–Trinajstić information content (AvgIpc) is 2.43. The van der Waals surface area contributed by atoms with Gasteiger partial charge in [0.2, 0.25) is 5.91 Å². The summed E-state index contributed by atoms with van der Waals surface area (Å²) < 4.78 is 11.5. The molecule has 0 aliphatic rings. The number of carbonyl (C=O) groups is 1. The van der Waals surface area contributed by atoms with Crippen molar-refractivity contribution >= 4 is 21.8 Å². The highest BCUT2D eigenvalue weighted by Gasteiger charge is 2.09. The molecule has 112 valence electrons. The maximum absolute atomic E-state index is 10.6. The van der Waals surface area contributed by atoms with Crippen LogP contribution >= 0.6 is 15.9 Å². The van der Waals surface area contributed by atoms with Gasteiger partial charge in [-0.1, -0.05) is 15.9 Å². The van der Waals surface area contributed by atoms with Gasteiger partial charge in [0.1, 0.15) is 0 Å². The highest BCUT2D eigenvalue weighted by atomic mass is 79.9. The van der Waals surface area contributed by atoms with E-state index in [1.54, 1.807) is 14.2 Å². The van der Waals surface area contributed by atoms with Crippen molar-refractivity contribution in [2.75, 3.05) is 20.8 Å². The molecular weight excluding hydrogens is 324 g/mol. The molecule has 0 aromatic heterocycles. The molecule has 1 rings (SSSR count). The molecule has 0 saturated heterocycles. The number of hydrogen-bond acceptors (Lipinski definition) is 4. The lowest BCUT2D eigenvalue weighted by Crippen LogP contribution is -2.16. The minimum atomic E-state index is -0.243. The standard InChI is InChI=1S/C14H21BrN2O3/c1-19-12-7-10(11(15)8-13(12)20-2)9-17-6-4-3-5-14(16)18/h7-8,17H,3-6,9H2,1-2H3,(H2,16,18). The van der Waals surface area contributed by atoms with E-state index in [2.05, 4.69) is 21.2 Å². The Kier molecular flexibility index (Phi) is 7.40. The van der Waals surface area contributed by atoms with Crippen LogP contribution in [0.1, 0.15) is 24.8 Å². The third kappa shape index (κ3) is 5.38. The average molecular weight is 345 g/mol. The Morgan fingerprint density at radius 1 is 1.25 bits per heavy atom. The Balaban J connectivity index is 2.45. The van der Waals surface area contributed by atoms with Gasteiger partial charge in [0.05, 0.1) is 14.2 Å². The maximum Gasteiger partial charge on any atom is 0.217 e. The number of hydrogen-bond donors (Lipinski definition) is 2. The van der Waals surface area contributed by atoms with E-state index in [0.29, 0.717) is 17.9 Å². The Morgan fingerprint density at radius 3 is 2.50 bits per heavy atom. The van der Waals surface area contributed by atoms with Crippen molar-refractivity contribution in [2.45, 2.75) is 25.8 Å². The van der Waals surface area contributed by atoms with Crippen LogP contribution in [0.15, 0.2) is 16.6 Å². The maximum atomic E-state index is 10.6. The molecule has 0 saturated carbocycles. The van der Waals surface area contributed by atoms with Crippen molar-refractivity contribution in [3.63, 3.8) is 0 Å². The summed E-state index contributed by atoms with van der Waals surface area (Å²) in [5, 5.41) is 3.33. The second-order valence-electron chi connectivity index (χ2n) is 4.40. The van der Waals surface area contributed by atoms with Gasteiger partial charge in [-0.2, -0.15) is 0 Å². The highest BCUT2D eigenvalue weighted by molar-refractivity contribution is 9.10. The molecule has 1 aromatic rings. The van der Waals surface area contributed by atoms with E-state index in [-0.39, 0.29) is 5.91 Å². The van der Waals surface area contributed by atoms with Gasteiger partial charge in [-0.3, -0.25) is 4.79 Å². The topological polar surface area (TPSA) is 73.6 Å². The molecule has 0 atom stereocenters. The summed E-state index contributed by atoms with van der Waals surface area (Å²) in [6.07, 6.45) is 2.19. The lowest BCUT2D eigenvalue weighted by atomic mass is 10.2. The molecule has 0 unspecified atom stereocenters. The first-order valence-electron chi connectivity index (χ1n) is 6.48. The second kappa shape index (κ2) is 8.81. The third-order valence-corrected chi connectivity index (χ3v) is 3.63. The van der Waals surface area contributed by atoms with Crippen molar-refractivity contribution in [3.8, 4) is 11.5 Å². The molecule has 1 amide bonds. The second-order valence-corrected chi connectivity index (χ2v) is 5.25. The van der Waals surface area contributed by atoms with Gasteiger partial charge in [-0.05, 0) is 37.1 Å². The molecule has 0 heterocycles. The SMILES string of the molecule is COc1cc(Br)c(CNCCCCC(N)=O)cc1OC. The lowest BCUT2D eigenvalue weighted by molar-refractivity contribution is -0.118. The first-order chi connectivity index (χ1) is 9.58. The Morgan fingerprint density at radius 2 is 1.90 bits per heavy atom. The van der Waals surface area contributed by atoms with E-state index in [0.717, 1.165) is 36.0 Å². The van der Waals surface area contributed by atoms with Crippen LogP contribution < -0.4 is 20.5 Å². The Labute approximate surface area is 127 Å². The number of rotatable bonds is 9. The van der Waals surface area contributed by atoms with Crippen molar-refractivity contribution in [3.05, 3.63) is 22.2 Å². The number of benzene rings is 1. The quantitative estimate of drug-likeness (QED) is 0.673. The molecule has 5 nitrogen and oxygen atoms in total. The van der Waals surface area contributed by atoms with Crippen LogP contribution in [-0.2, 0) is 11.3 Å². The smallest absolute Gasteiger partial charge is 0.217 e. The summed E-state index contributed by atoms with van der Waals surface area (Å²) in [6.45, 7) is 1.56. The van der Waals surface area contributed by atoms with Gasteiger partial charge in [-0.15, -0.1) is 0 Å². The zero-order valence-electron chi connectivity index (χ0n) is 11.9. The molecule has 0 radical (unpaired) electrons. The number of primary amides is 1. The molecule has 3 N–H and O–H groups in total. The van der Waals surface area contributed by atoms with Crippen LogP contribution in [0.3, 0.4) is 0 Å². The van der Waals surface area contributed by atoms with Gasteiger partial charge in [0, 0.05) is 17.4 Å². The van der Waals surface area contributed by atoms with Crippen LogP contribution in [0, 0.1) is 0 Å². The number of halogens is 1. The van der Waals surface area contributed by atoms with Crippen LogP contribution in [0.4, 0.5) is 0 Å². The minimum Gasteiger partial charge on any atom is -0.493 e. The Bertz CT molecular complexity index is 452. The normalized spacial score (nSPS) is 10.3. The van der Waals surface area contributed by atoms with E-state index >= 15 is 0 Å². The fraction of sp³-hybridized carbons (Fsp3) is 0.500. The fourth-order valence-corrected chi connectivity index (χ4v) is 2.27. The summed E-state index contributed by atoms with van der Waals surface area (Å²) in [6, 6.07) is 3.84. The lowest BCUT2D eigenvalue weighted by Gasteiger charge is -2.12. The fourth-order valence-electron chi connectivity index (χ4n) is 1.80. The van der Waals surface area contributed by atoms with Crippen molar-refractivity contribution in [1.29, 1.82) is 0 Å². The predicted molar refractivity (Wildman–Crippen MR) is 82.0 cm³/mol. The van der Waals surface area contributed by atoms with Crippen LogP contribution in [0.5, 0.6) is 11.5 Å². The number of methoxy groups -OCH3 is 2. The number of amides is 1. The number of nitrogens with one attached hydrogen (secondary N) is 1. The molecule has 0 fully saturated rings. The van der Waals surface area contributed by atoms with Crippen molar-refractivity contribution in [2.24, 2.45) is 5.73 Å². The third-order valence-electron chi connectivity index (χ3n) is 2.89. The first-order valence-corrected chi connectivity index (χ1v) is 7.27. The summed E-state index contributed by atoms with van der Waals surface area (Å²) >= 11 is 3.52. The van der Waals surface area contributed by atoms with Crippen LogP contribution in [0.2, 0.25) is 0 Å². The van der Waals surface area contributed by atoms with Gasteiger partial charge in [-0.25, -0.2) is 0 Å². The molecule has 1 aromatic carbocycles. The van der Waals surface area contributed by atoms with E-state index in [1.165, 1.54) is 0 Å². The number of carbonyl (C=O) groups excluding carboxylic acids is 1. The number of nitrogens with two attached hydrogens (primary N) is 1. The van der Waals surface area contributed by atoms with Crippen LogP contribution in [-0.4, -0.2) is 26.7 Å². The predicted octanol–water partition coefficient (Wildman–Crippen LogP) is 2.21. The monoisotopic (exact) mass is 344 g/mol. The largest absolute Gasteiger partial charge is 0.493 e. The Hall–Kier alpha value is -1.27. The molecule has 20 heavy (non-hydrogen) atoms. The molecule has 0 aliphatic carbocycles. The van der Waals surface area contributed by atoms with E-state index in [1.807, 2.05) is 12.1 Å². The van der Waals surface area contributed by atoms with E-state index < -0.39 is 0 Å². The minimum absolute atomic E-state index is 0.243. The summed E-state index contributed by atoms with van der Waals surface area (Å²) in [7, 11) is 3.23. The van der Waals surface area contributed by atoms with Gasteiger partial charge < -0.3 is 20.5 Å². The highest BCUT2D eigenvalue weighted by Crippen LogP contribution is 2.33. The number of unbranched alkanes of at least 4 members (excludes halogenated alkanes) is 1. The first kappa shape index (κ1) is 16.8. The molecular formula is C14H21BrN2O3. The van der Waals surface area contributed by atoms with Crippen LogP contribution in [0.25, 0.3) is 0 Å². The van der Waals surface area contributed by atoms with Crippen molar-refractivity contribution in [1.82, 2.24) is 5.32 Å². The van der Waals surface area contributed by atoms with Gasteiger partial charge in [0.15, 0.2) is 11.5 Å². The van der Waals surface area contributed by atoms with Gasteiger partial charge >= 0.3 is 0 Å². The molecule has 0 bridgehead atoms. The molecule has 0 aliphatic heterocycles. The van der Waals surface area contributed by atoms with E-state index in [9.17, 15) is 4.79 Å². The zero-order chi connectivity index (χ0) is 15.0. The van der Waals surface area contributed by atoms with Gasteiger partial charge in [0.25, 0.3) is 0 Å². The summed E-state index contributed by atoms with van der Waals surface area (Å²) in [5.41, 5.74) is 6.18. The molecule has 0 spiro atoms. The molecule has 6 heteroatoms.